The lowest BCUT2D eigenvalue weighted by atomic mass is 10.1. The molecule has 1 aliphatic heterocycles. The fourth-order valence-corrected chi connectivity index (χ4v) is 4.40. The Morgan fingerprint density at radius 3 is 2.70 bits per heavy atom. The van der Waals surface area contributed by atoms with E-state index in [0.717, 1.165) is 30.6 Å². The van der Waals surface area contributed by atoms with Crippen LogP contribution >= 0.6 is 11.3 Å². The predicted molar refractivity (Wildman–Crippen MR) is 116 cm³/mol. The zero-order chi connectivity index (χ0) is 21.1. The normalized spacial score (nSPS) is 14.4. The molecule has 1 fully saturated rings. The molecule has 1 aliphatic rings. The van der Waals surface area contributed by atoms with E-state index in [9.17, 15) is 19.3 Å². The molecule has 0 radical (unpaired) electrons. The lowest BCUT2D eigenvalue weighted by Gasteiger charge is -2.29. The molecule has 1 saturated heterocycles. The van der Waals surface area contributed by atoms with Crippen molar-refractivity contribution in [2.75, 3.05) is 18.0 Å². The fourth-order valence-electron chi connectivity index (χ4n) is 3.47. The highest BCUT2D eigenvalue weighted by Crippen LogP contribution is 2.29. The number of amides is 1. The van der Waals surface area contributed by atoms with Crippen LogP contribution in [0.1, 0.15) is 34.5 Å². The van der Waals surface area contributed by atoms with Gasteiger partial charge in [0.05, 0.1) is 21.7 Å². The van der Waals surface area contributed by atoms with Crippen molar-refractivity contribution in [2.24, 2.45) is 5.10 Å². The van der Waals surface area contributed by atoms with Gasteiger partial charge in [-0.2, -0.15) is 5.10 Å². The van der Waals surface area contributed by atoms with Crippen LogP contribution in [0.5, 0.6) is 0 Å². The molecule has 1 N–H and O–H groups in total. The smallest absolute Gasteiger partial charge is 0.281 e. The lowest BCUT2D eigenvalue weighted by Crippen LogP contribution is -2.30. The number of nitrogens with zero attached hydrogens (tertiary/aromatic N) is 3. The first-order valence-corrected chi connectivity index (χ1v) is 10.4. The lowest BCUT2D eigenvalue weighted by molar-refractivity contribution is -0.384. The highest BCUT2D eigenvalue weighted by Gasteiger charge is 2.15. The quantitative estimate of drug-likeness (QED) is 0.364. The number of hydrazone groups is 1. The molecule has 154 valence electrons. The van der Waals surface area contributed by atoms with Crippen LogP contribution < -0.4 is 10.3 Å². The van der Waals surface area contributed by atoms with Gasteiger partial charge in [0, 0.05) is 35.3 Å². The van der Waals surface area contributed by atoms with E-state index in [-0.39, 0.29) is 11.5 Å². The van der Waals surface area contributed by atoms with Gasteiger partial charge in [0.25, 0.3) is 11.6 Å². The molecule has 0 spiro atoms. The minimum absolute atomic E-state index is 0.0275. The van der Waals surface area contributed by atoms with Gasteiger partial charge >= 0.3 is 0 Å². The van der Waals surface area contributed by atoms with Crippen molar-refractivity contribution in [1.82, 2.24) is 5.43 Å². The van der Waals surface area contributed by atoms with Gasteiger partial charge in [0.1, 0.15) is 5.82 Å². The van der Waals surface area contributed by atoms with E-state index in [1.807, 2.05) is 4.90 Å². The molecule has 0 unspecified atom stereocenters. The van der Waals surface area contributed by atoms with E-state index >= 15 is 0 Å². The minimum Gasteiger partial charge on any atom is -0.369 e. The first kappa shape index (κ1) is 20.0. The van der Waals surface area contributed by atoms with E-state index < -0.39 is 10.8 Å². The maximum atomic E-state index is 14.5. The molecule has 0 atom stereocenters. The number of fused-ring (bicyclic) bond motifs is 1. The van der Waals surface area contributed by atoms with Crippen LogP contribution in [-0.4, -0.2) is 30.1 Å². The number of anilines is 1. The average molecular weight is 426 g/mol. The molecule has 4 rings (SSSR count). The summed E-state index contributed by atoms with van der Waals surface area (Å²) in [5, 5.41) is 15.4. The Bertz CT molecular complexity index is 1140. The number of thiophene rings is 1. The third-order valence-corrected chi connectivity index (χ3v) is 6.10. The van der Waals surface area contributed by atoms with Gasteiger partial charge < -0.3 is 4.90 Å². The fraction of sp³-hybridized carbons (Fsp3) is 0.238. The molecule has 1 amide bonds. The molecule has 1 aromatic heterocycles. The number of carbonyl (C=O) groups excluding carboxylic acids is 1. The van der Waals surface area contributed by atoms with E-state index in [1.165, 1.54) is 42.2 Å². The van der Waals surface area contributed by atoms with Crippen molar-refractivity contribution in [1.29, 1.82) is 0 Å². The summed E-state index contributed by atoms with van der Waals surface area (Å²) in [5.41, 5.74) is 3.52. The molecular weight excluding hydrogens is 407 g/mol. The van der Waals surface area contributed by atoms with Crippen molar-refractivity contribution in [2.45, 2.75) is 19.3 Å². The average Bonchev–Trinajstić information content (AvgIpc) is 3.18. The molecule has 0 aliphatic carbocycles. The number of benzene rings is 2. The van der Waals surface area contributed by atoms with E-state index in [1.54, 1.807) is 24.3 Å². The van der Waals surface area contributed by atoms with Gasteiger partial charge in [-0.15, -0.1) is 11.3 Å². The number of hydrogen-bond acceptors (Lipinski definition) is 6. The number of piperidine rings is 1. The Morgan fingerprint density at radius 1 is 1.17 bits per heavy atom. The number of nitrogens with one attached hydrogen (secondary N) is 1. The number of hydrogen-bond donors (Lipinski definition) is 1. The minimum atomic E-state index is -0.475. The van der Waals surface area contributed by atoms with Crippen molar-refractivity contribution in [3.63, 3.8) is 0 Å². The van der Waals surface area contributed by atoms with Gasteiger partial charge in [0.2, 0.25) is 0 Å². The largest absolute Gasteiger partial charge is 0.369 e. The maximum Gasteiger partial charge on any atom is 0.281 e. The van der Waals surface area contributed by atoms with Crippen LogP contribution in [0.2, 0.25) is 0 Å². The first-order valence-electron chi connectivity index (χ1n) is 9.57. The number of halogens is 1. The molecule has 3 aromatic rings. The Hall–Kier alpha value is -3.33. The number of rotatable bonds is 5. The zero-order valence-corrected chi connectivity index (χ0v) is 16.8. The van der Waals surface area contributed by atoms with Crippen molar-refractivity contribution in [3.8, 4) is 0 Å². The van der Waals surface area contributed by atoms with Crippen LogP contribution in [0.25, 0.3) is 10.1 Å². The van der Waals surface area contributed by atoms with E-state index in [0.29, 0.717) is 21.5 Å². The van der Waals surface area contributed by atoms with E-state index in [4.69, 9.17) is 0 Å². The summed E-state index contributed by atoms with van der Waals surface area (Å²) in [5.74, 6) is -0.737. The SMILES string of the molecule is O=C(N/N=C\c1ccc(N2CCCCC2)c(F)c1)c1cc2cc([N+](=O)[O-])ccc2s1. The standard InChI is InChI=1S/C21H19FN4O3S/c22-17-10-14(4-6-18(17)25-8-2-1-3-9-25)13-23-24-21(27)20-12-15-11-16(26(28)29)5-7-19(15)30-20/h4-7,10-13H,1-3,8-9H2,(H,24,27)/b23-13-. The maximum absolute atomic E-state index is 14.5. The van der Waals surface area contributed by atoms with Crippen molar-refractivity contribution < 1.29 is 14.1 Å². The Kier molecular flexibility index (Phi) is 5.71. The second-order valence-corrected chi connectivity index (χ2v) is 8.13. The Morgan fingerprint density at radius 2 is 1.97 bits per heavy atom. The Labute approximate surface area is 176 Å². The monoisotopic (exact) mass is 426 g/mol. The Balaban J connectivity index is 1.42. The summed E-state index contributed by atoms with van der Waals surface area (Å²) in [7, 11) is 0. The van der Waals surface area contributed by atoms with Crippen LogP contribution in [-0.2, 0) is 0 Å². The number of nitro groups is 1. The van der Waals surface area contributed by atoms with Crippen LogP contribution in [0.4, 0.5) is 15.8 Å². The first-order chi connectivity index (χ1) is 14.5. The molecule has 2 heterocycles. The van der Waals surface area contributed by atoms with Crippen molar-refractivity contribution >= 4 is 44.9 Å². The van der Waals surface area contributed by atoms with Gasteiger partial charge in [-0.25, -0.2) is 9.82 Å². The van der Waals surface area contributed by atoms with Gasteiger partial charge in [-0.1, -0.05) is 6.07 Å². The van der Waals surface area contributed by atoms with Gasteiger partial charge in [-0.3, -0.25) is 14.9 Å². The molecule has 7 nitrogen and oxygen atoms in total. The number of non-ortho nitro benzene ring substituents is 1. The summed E-state index contributed by atoms with van der Waals surface area (Å²) in [6, 6.07) is 10.9. The van der Waals surface area contributed by atoms with Gasteiger partial charge in [-0.05, 0) is 49.1 Å². The topological polar surface area (TPSA) is 87.8 Å². The van der Waals surface area contributed by atoms with Crippen molar-refractivity contribution in [3.05, 3.63) is 68.8 Å². The third kappa shape index (κ3) is 4.30. The summed E-state index contributed by atoms with van der Waals surface area (Å²) in [6.45, 7) is 1.72. The number of nitro benzene ring substituents is 1. The van der Waals surface area contributed by atoms with Gasteiger partial charge in [0.15, 0.2) is 0 Å². The number of carbonyl (C=O) groups is 1. The highest BCUT2D eigenvalue weighted by atomic mass is 32.1. The zero-order valence-electron chi connectivity index (χ0n) is 16.0. The molecule has 30 heavy (non-hydrogen) atoms. The second kappa shape index (κ2) is 8.58. The summed E-state index contributed by atoms with van der Waals surface area (Å²) in [6.07, 6.45) is 4.71. The highest BCUT2D eigenvalue weighted by molar-refractivity contribution is 7.20. The van der Waals surface area contributed by atoms with Crippen LogP contribution in [0.15, 0.2) is 47.6 Å². The predicted octanol–water partition coefficient (Wildman–Crippen LogP) is 4.70. The second-order valence-electron chi connectivity index (χ2n) is 7.05. The van der Waals surface area contributed by atoms with E-state index in [2.05, 4.69) is 10.5 Å². The molecule has 2 aromatic carbocycles. The molecular formula is C21H19FN4O3S. The summed E-state index contributed by atoms with van der Waals surface area (Å²) >= 11 is 1.22. The molecule has 0 saturated carbocycles. The molecule has 0 bridgehead atoms. The molecule has 9 heteroatoms. The van der Waals surface area contributed by atoms with Crippen LogP contribution in [0, 0.1) is 15.9 Å². The third-order valence-electron chi connectivity index (χ3n) is 4.98. The summed E-state index contributed by atoms with van der Waals surface area (Å²) < 4.78 is 15.2. The van der Waals surface area contributed by atoms with Crippen LogP contribution in [0.3, 0.4) is 0 Å². The summed E-state index contributed by atoms with van der Waals surface area (Å²) in [4.78, 5) is 25.2.